The Morgan fingerprint density at radius 2 is 2.04 bits per heavy atom. The molecule has 1 unspecified atom stereocenters. The van der Waals surface area contributed by atoms with Gasteiger partial charge in [-0.15, -0.1) is 21.5 Å². The van der Waals surface area contributed by atoms with Crippen molar-refractivity contribution in [1.82, 2.24) is 15.1 Å². The first-order chi connectivity index (χ1) is 11.4. The van der Waals surface area contributed by atoms with E-state index in [9.17, 15) is 0 Å². The summed E-state index contributed by atoms with van der Waals surface area (Å²) in [6.45, 7) is 1.85. The summed E-state index contributed by atoms with van der Waals surface area (Å²) in [4.78, 5) is 3.50. The Hall–Kier alpha value is -1.98. The van der Waals surface area contributed by atoms with Gasteiger partial charge in [0.15, 0.2) is 0 Å². The minimum atomic E-state index is 0.564. The Bertz CT molecular complexity index is 739. The maximum absolute atomic E-state index is 5.84. The average molecular weight is 325 g/mol. The van der Waals surface area contributed by atoms with Gasteiger partial charge in [-0.05, 0) is 42.8 Å². The zero-order chi connectivity index (χ0) is 15.5. The Kier molecular flexibility index (Phi) is 4.22. The molecule has 2 aromatic heterocycles. The first-order valence-electron chi connectivity index (χ1n) is 8.03. The van der Waals surface area contributed by atoms with Crippen molar-refractivity contribution in [3.05, 3.63) is 59.3 Å². The number of rotatable bonds is 5. The van der Waals surface area contributed by atoms with E-state index >= 15 is 0 Å². The van der Waals surface area contributed by atoms with E-state index in [1.807, 2.05) is 17.5 Å². The molecule has 0 radical (unpaired) electrons. The van der Waals surface area contributed by atoms with E-state index in [0.29, 0.717) is 17.8 Å². The molecule has 1 aliphatic rings. The fourth-order valence-corrected chi connectivity index (χ4v) is 3.86. The van der Waals surface area contributed by atoms with Crippen molar-refractivity contribution in [3.63, 3.8) is 0 Å². The lowest BCUT2D eigenvalue weighted by atomic mass is 10.0. The summed E-state index contributed by atoms with van der Waals surface area (Å²) in [5.74, 6) is 1.35. The highest BCUT2D eigenvalue weighted by Crippen LogP contribution is 2.26. The maximum atomic E-state index is 5.84. The molecule has 0 aliphatic carbocycles. The summed E-state index contributed by atoms with van der Waals surface area (Å²) in [5.41, 5.74) is 1.40. The molecule has 4 rings (SSSR count). The van der Waals surface area contributed by atoms with Gasteiger partial charge in [-0.3, -0.25) is 4.90 Å². The fraction of sp³-hybridized carbons (Fsp3) is 0.333. The molecule has 1 atom stereocenters. The Morgan fingerprint density at radius 3 is 2.87 bits per heavy atom. The lowest BCUT2D eigenvalue weighted by molar-refractivity contribution is 0.221. The third kappa shape index (κ3) is 3.35. The van der Waals surface area contributed by atoms with E-state index in [4.69, 9.17) is 4.42 Å². The molecule has 0 bridgehead atoms. The molecule has 3 heterocycles. The lowest BCUT2D eigenvalue weighted by Crippen LogP contribution is -2.30. The molecule has 0 N–H and O–H groups in total. The predicted octanol–water partition coefficient (Wildman–Crippen LogP) is 4.01. The smallest absolute Gasteiger partial charge is 0.257 e. The molecule has 3 aromatic rings. The third-order valence-corrected chi connectivity index (χ3v) is 5.21. The minimum absolute atomic E-state index is 0.564. The standard InChI is InChI=1S/C18H19N3OS/c1-2-6-14(7-3-1)12-15-8-4-10-21(15)13-17-19-20-18(22-17)16-9-5-11-23-16/h1-3,5-7,9,11,15H,4,8,10,12-13H2. The Labute approximate surface area is 139 Å². The average Bonchev–Trinajstić information content (AvgIpc) is 3.31. The van der Waals surface area contributed by atoms with Gasteiger partial charge in [0, 0.05) is 6.04 Å². The van der Waals surface area contributed by atoms with E-state index in [-0.39, 0.29) is 0 Å². The molecule has 5 heteroatoms. The van der Waals surface area contributed by atoms with E-state index in [2.05, 4.69) is 45.4 Å². The molecule has 0 saturated carbocycles. The Balaban J connectivity index is 1.43. The van der Waals surface area contributed by atoms with Crippen LogP contribution >= 0.6 is 11.3 Å². The van der Waals surface area contributed by atoms with Crippen LogP contribution in [0.4, 0.5) is 0 Å². The van der Waals surface area contributed by atoms with E-state index in [1.54, 1.807) is 11.3 Å². The van der Waals surface area contributed by atoms with Crippen LogP contribution in [0.2, 0.25) is 0 Å². The second-order valence-electron chi connectivity index (χ2n) is 5.93. The van der Waals surface area contributed by atoms with Crippen molar-refractivity contribution in [2.24, 2.45) is 0 Å². The van der Waals surface area contributed by atoms with Gasteiger partial charge >= 0.3 is 0 Å². The number of likely N-dealkylation sites (tertiary alicyclic amines) is 1. The van der Waals surface area contributed by atoms with Gasteiger partial charge in [-0.2, -0.15) is 0 Å². The van der Waals surface area contributed by atoms with Gasteiger partial charge in [0.1, 0.15) is 0 Å². The second kappa shape index (κ2) is 6.64. The molecule has 1 aliphatic heterocycles. The summed E-state index contributed by atoms with van der Waals surface area (Å²) >= 11 is 1.62. The Morgan fingerprint density at radius 1 is 1.13 bits per heavy atom. The molecule has 4 nitrogen and oxygen atoms in total. The van der Waals surface area contributed by atoms with Crippen LogP contribution in [-0.4, -0.2) is 27.7 Å². The van der Waals surface area contributed by atoms with Crippen LogP contribution < -0.4 is 0 Å². The largest absolute Gasteiger partial charge is 0.419 e. The molecular weight excluding hydrogens is 306 g/mol. The quantitative estimate of drug-likeness (QED) is 0.711. The molecule has 1 saturated heterocycles. The highest BCUT2D eigenvalue weighted by atomic mass is 32.1. The van der Waals surface area contributed by atoms with Gasteiger partial charge < -0.3 is 4.42 Å². The lowest BCUT2D eigenvalue weighted by Gasteiger charge is -2.22. The van der Waals surface area contributed by atoms with Crippen molar-refractivity contribution >= 4 is 11.3 Å². The van der Waals surface area contributed by atoms with Crippen LogP contribution in [0.5, 0.6) is 0 Å². The minimum Gasteiger partial charge on any atom is -0.419 e. The zero-order valence-electron chi connectivity index (χ0n) is 12.9. The predicted molar refractivity (Wildman–Crippen MR) is 91.2 cm³/mol. The summed E-state index contributed by atoms with van der Waals surface area (Å²) < 4.78 is 5.84. The van der Waals surface area contributed by atoms with Crippen LogP contribution in [0.1, 0.15) is 24.3 Å². The van der Waals surface area contributed by atoms with Crippen LogP contribution in [0.3, 0.4) is 0 Å². The van der Waals surface area contributed by atoms with Gasteiger partial charge in [-0.1, -0.05) is 36.4 Å². The molecular formula is C18H19N3OS. The molecule has 118 valence electrons. The van der Waals surface area contributed by atoms with Crippen molar-refractivity contribution in [3.8, 4) is 10.8 Å². The first kappa shape index (κ1) is 14.6. The number of hydrogen-bond acceptors (Lipinski definition) is 5. The zero-order valence-corrected chi connectivity index (χ0v) is 13.7. The SMILES string of the molecule is c1ccc(CC2CCCN2Cc2nnc(-c3cccs3)o2)cc1. The van der Waals surface area contributed by atoms with E-state index in [0.717, 1.165) is 24.4 Å². The number of nitrogens with zero attached hydrogens (tertiary/aromatic N) is 3. The van der Waals surface area contributed by atoms with Crippen molar-refractivity contribution in [1.29, 1.82) is 0 Å². The molecule has 0 spiro atoms. The van der Waals surface area contributed by atoms with Crippen LogP contribution in [0.15, 0.2) is 52.3 Å². The summed E-state index contributed by atoms with van der Waals surface area (Å²) in [5, 5.41) is 10.4. The van der Waals surface area contributed by atoms with Gasteiger partial charge in [0.25, 0.3) is 5.89 Å². The summed E-state index contributed by atoms with van der Waals surface area (Å²) in [6, 6.07) is 15.3. The maximum Gasteiger partial charge on any atom is 0.257 e. The first-order valence-corrected chi connectivity index (χ1v) is 8.91. The topological polar surface area (TPSA) is 42.2 Å². The molecule has 1 fully saturated rings. The van der Waals surface area contributed by atoms with Crippen LogP contribution in [0.25, 0.3) is 10.8 Å². The van der Waals surface area contributed by atoms with Gasteiger partial charge in [0.2, 0.25) is 5.89 Å². The third-order valence-electron chi connectivity index (χ3n) is 4.35. The fourth-order valence-electron chi connectivity index (χ4n) is 3.21. The van der Waals surface area contributed by atoms with Crippen LogP contribution in [0, 0.1) is 0 Å². The second-order valence-corrected chi connectivity index (χ2v) is 6.88. The van der Waals surface area contributed by atoms with Crippen molar-refractivity contribution in [2.45, 2.75) is 31.8 Å². The summed E-state index contributed by atoms with van der Waals surface area (Å²) in [6.07, 6.45) is 3.57. The van der Waals surface area contributed by atoms with Crippen molar-refractivity contribution in [2.75, 3.05) is 6.54 Å². The van der Waals surface area contributed by atoms with Gasteiger partial charge in [-0.25, -0.2) is 0 Å². The number of hydrogen-bond donors (Lipinski definition) is 0. The normalized spacial score (nSPS) is 18.5. The monoisotopic (exact) mass is 325 g/mol. The molecule has 23 heavy (non-hydrogen) atoms. The van der Waals surface area contributed by atoms with Gasteiger partial charge in [0.05, 0.1) is 11.4 Å². The highest BCUT2D eigenvalue weighted by Gasteiger charge is 2.26. The molecule has 0 amide bonds. The van der Waals surface area contributed by atoms with E-state index < -0.39 is 0 Å². The number of benzene rings is 1. The number of thiophene rings is 1. The number of aromatic nitrogens is 2. The molecule has 1 aromatic carbocycles. The van der Waals surface area contributed by atoms with Crippen molar-refractivity contribution < 1.29 is 4.42 Å². The summed E-state index contributed by atoms with van der Waals surface area (Å²) in [7, 11) is 0. The van der Waals surface area contributed by atoms with E-state index in [1.165, 1.54) is 18.4 Å². The highest BCUT2D eigenvalue weighted by molar-refractivity contribution is 7.13. The van der Waals surface area contributed by atoms with Crippen LogP contribution in [-0.2, 0) is 13.0 Å².